The van der Waals surface area contributed by atoms with Crippen molar-refractivity contribution in [1.82, 2.24) is 4.90 Å². The smallest absolute Gasteiger partial charge is 0.335 e. The molecule has 0 spiro atoms. The summed E-state index contributed by atoms with van der Waals surface area (Å²) in [5, 5.41) is 8.72. The first-order valence-corrected chi connectivity index (χ1v) is 5.13. The number of carbonyl (C=O) groups is 2. The number of aromatic carboxylic acids is 1. The van der Waals surface area contributed by atoms with Gasteiger partial charge in [0.25, 0.3) is 5.91 Å². The molecular weight excluding hydrogens is 222 g/mol. The highest BCUT2D eigenvalue weighted by atomic mass is 16.4. The van der Waals surface area contributed by atoms with Gasteiger partial charge in [0.15, 0.2) is 0 Å². The molecule has 1 rings (SSSR count). The summed E-state index contributed by atoms with van der Waals surface area (Å²) < 4.78 is 0. The van der Waals surface area contributed by atoms with Gasteiger partial charge in [-0.1, -0.05) is 0 Å². The van der Waals surface area contributed by atoms with E-state index in [1.165, 1.54) is 29.2 Å². The molecule has 0 fully saturated rings. The minimum absolute atomic E-state index is 0.0801. The Kier molecular flexibility index (Phi) is 4.62. The number of benzene rings is 1. The van der Waals surface area contributed by atoms with Crippen molar-refractivity contribution in [2.75, 3.05) is 19.8 Å². The monoisotopic (exact) mass is 237 g/mol. The van der Waals surface area contributed by atoms with Gasteiger partial charge in [0, 0.05) is 18.7 Å². The van der Waals surface area contributed by atoms with E-state index < -0.39 is 5.97 Å². The van der Waals surface area contributed by atoms with Crippen molar-refractivity contribution in [2.24, 2.45) is 11.5 Å². The van der Waals surface area contributed by atoms with Gasteiger partial charge >= 0.3 is 5.97 Å². The number of nitrogens with two attached hydrogens (primary N) is 2. The fraction of sp³-hybridized carbons (Fsp3) is 0.273. The van der Waals surface area contributed by atoms with Gasteiger partial charge in [-0.15, -0.1) is 0 Å². The number of carbonyl (C=O) groups excluding carboxylic acids is 1. The van der Waals surface area contributed by atoms with E-state index in [9.17, 15) is 9.59 Å². The Morgan fingerprint density at radius 3 is 2.06 bits per heavy atom. The standard InChI is InChI=1S/C11H15N3O3/c12-5-6-14(7-13)10(15)8-1-3-9(4-2-8)11(16)17/h1-4H,5-7,12-13H2,(H,16,17). The first-order valence-electron chi connectivity index (χ1n) is 5.13. The Morgan fingerprint density at radius 1 is 1.12 bits per heavy atom. The average molecular weight is 237 g/mol. The fourth-order valence-corrected chi connectivity index (χ4v) is 1.37. The molecule has 17 heavy (non-hydrogen) atoms. The van der Waals surface area contributed by atoms with Gasteiger partial charge in [-0.2, -0.15) is 0 Å². The zero-order chi connectivity index (χ0) is 12.8. The highest BCUT2D eigenvalue weighted by Gasteiger charge is 2.13. The lowest BCUT2D eigenvalue weighted by Crippen LogP contribution is -2.39. The maximum Gasteiger partial charge on any atom is 0.335 e. The van der Waals surface area contributed by atoms with Crippen LogP contribution < -0.4 is 11.5 Å². The molecule has 0 radical (unpaired) electrons. The first kappa shape index (κ1) is 13.1. The van der Waals surface area contributed by atoms with Gasteiger partial charge in [-0.05, 0) is 24.3 Å². The van der Waals surface area contributed by atoms with Gasteiger partial charge in [0.1, 0.15) is 0 Å². The van der Waals surface area contributed by atoms with Crippen molar-refractivity contribution in [2.45, 2.75) is 0 Å². The summed E-state index contributed by atoms with van der Waals surface area (Å²) in [6, 6.07) is 5.69. The summed E-state index contributed by atoms with van der Waals surface area (Å²) in [4.78, 5) is 23.9. The number of amides is 1. The van der Waals surface area contributed by atoms with Gasteiger partial charge in [0.2, 0.25) is 0 Å². The maximum atomic E-state index is 11.9. The lowest BCUT2D eigenvalue weighted by Gasteiger charge is -2.19. The molecule has 1 aromatic carbocycles. The lowest BCUT2D eigenvalue weighted by atomic mass is 10.1. The van der Waals surface area contributed by atoms with Gasteiger partial charge in [-0.25, -0.2) is 4.79 Å². The second-order valence-electron chi connectivity index (χ2n) is 3.42. The average Bonchev–Trinajstić information content (AvgIpc) is 2.35. The summed E-state index contributed by atoms with van der Waals surface area (Å²) >= 11 is 0. The van der Waals surface area contributed by atoms with E-state index in [4.69, 9.17) is 16.6 Å². The predicted molar refractivity (Wildman–Crippen MR) is 62.5 cm³/mol. The van der Waals surface area contributed by atoms with Gasteiger partial charge in [0.05, 0.1) is 12.2 Å². The normalized spacial score (nSPS) is 10.0. The van der Waals surface area contributed by atoms with Crippen LogP contribution in [-0.2, 0) is 0 Å². The van der Waals surface area contributed by atoms with Crippen LogP contribution in [0.3, 0.4) is 0 Å². The highest BCUT2D eigenvalue weighted by molar-refractivity contribution is 5.95. The second-order valence-corrected chi connectivity index (χ2v) is 3.42. The van der Waals surface area contributed by atoms with Gasteiger partial charge < -0.3 is 21.5 Å². The van der Waals surface area contributed by atoms with E-state index in [1.807, 2.05) is 0 Å². The molecule has 0 aliphatic rings. The molecule has 5 N–H and O–H groups in total. The molecule has 0 aliphatic carbocycles. The highest BCUT2D eigenvalue weighted by Crippen LogP contribution is 2.07. The van der Waals surface area contributed by atoms with E-state index in [-0.39, 0.29) is 18.1 Å². The summed E-state index contributed by atoms with van der Waals surface area (Å²) in [5.74, 6) is -1.28. The quantitative estimate of drug-likeness (QED) is 0.609. The molecule has 0 heterocycles. The number of hydrogen-bond donors (Lipinski definition) is 3. The van der Waals surface area contributed by atoms with Crippen LogP contribution in [0.15, 0.2) is 24.3 Å². The van der Waals surface area contributed by atoms with Crippen molar-refractivity contribution in [1.29, 1.82) is 0 Å². The third-order valence-electron chi connectivity index (χ3n) is 2.29. The van der Waals surface area contributed by atoms with Crippen molar-refractivity contribution in [3.63, 3.8) is 0 Å². The molecule has 92 valence electrons. The first-order chi connectivity index (χ1) is 8.10. The Morgan fingerprint density at radius 2 is 1.65 bits per heavy atom. The van der Waals surface area contributed by atoms with E-state index in [0.717, 1.165) is 0 Å². The largest absolute Gasteiger partial charge is 0.478 e. The van der Waals surface area contributed by atoms with Crippen LogP contribution in [0, 0.1) is 0 Å². The molecule has 0 aliphatic heterocycles. The zero-order valence-corrected chi connectivity index (χ0v) is 9.30. The Balaban J connectivity index is 2.85. The van der Waals surface area contributed by atoms with Crippen molar-refractivity contribution in [3.05, 3.63) is 35.4 Å². The second kappa shape index (κ2) is 5.97. The molecule has 0 aromatic heterocycles. The van der Waals surface area contributed by atoms with Crippen molar-refractivity contribution >= 4 is 11.9 Å². The maximum absolute atomic E-state index is 11.9. The minimum Gasteiger partial charge on any atom is -0.478 e. The van der Waals surface area contributed by atoms with Crippen molar-refractivity contribution in [3.8, 4) is 0 Å². The topological polar surface area (TPSA) is 110 Å². The predicted octanol–water partition coefficient (Wildman–Crippen LogP) is -0.298. The Labute approximate surface area is 98.8 Å². The lowest BCUT2D eigenvalue weighted by molar-refractivity contribution is 0.0694. The number of hydrogen-bond acceptors (Lipinski definition) is 4. The summed E-state index contributed by atoms with van der Waals surface area (Å²) in [6.07, 6.45) is 0. The van der Waals surface area contributed by atoms with E-state index in [1.54, 1.807) is 0 Å². The molecule has 0 atom stereocenters. The van der Waals surface area contributed by atoms with Crippen molar-refractivity contribution < 1.29 is 14.7 Å². The zero-order valence-electron chi connectivity index (χ0n) is 9.30. The van der Waals surface area contributed by atoms with Crippen LogP contribution >= 0.6 is 0 Å². The molecule has 6 heteroatoms. The van der Waals surface area contributed by atoms with Crippen LogP contribution in [0.1, 0.15) is 20.7 Å². The minimum atomic E-state index is -1.03. The number of carboxylic acids is 1. The third kappa shape index (κ3) is 3.27. The van der Waals surface area contributed by atoms with E-state index in [0.29, 0.717) is 18.7 Å². The molecule has 6 nitrogen and oxygen atoms in total. The Bertz CT molecular complexity index is 403. The molecule has 0 saturated heterocycles. The van der Waals surface area contributed by atoms with Crippen LogP contribution in [0.25, 0.3) is 0 Å². The summed E-state index contributed by atoms with van der Waals surface area (Å²) in [5.41, 5.74) is 11.3. The number of nitrogens with zero attached hydrogens (tertiary/aromatic N) is 1. The summed E-state index contributed by atoms with van der Waals surface area (Å²) in [7, 11) is 0. The van der Waals surface area contributed by atoms with Crippen LogP contribution in [0.5, 0.6) is 0 Å². The summed E-state index contributed by atoms with van der Waals surface area (Å²) in [6.45, 7) is 0.781. The van der Waals surface area contributed by atoms with E-state index in [2.05, 4.69) is 0 Å². The molecule has 1 aromatic rings. The molecule has 1 amide bonds. The van der Waals surface area contributed by atoms with Crippen LogP contribution in [0.2, 0.25) is 0 Å². The fourth-order valence-electron chi connectivity index (χ4n) is 1.37. The molecule has 0 unspecified atom stereocenters. The Hall–Kier alpha value is -1.92. The van der Waals surface area contributed by atoms with Crippen LogP contribution in [0.4, 0.5) is 0 Å². The number of rotatable bonds is 5. The third-order valence-corrected chi connectivity index (χ3v) is 2.29. The molecular formula is C11H15N3O3. The molecule has 0 bridgehead atoms. The van der Waals surface area contributed by atoms with Gasteiger partial charge in [-0.3, -0.25) is 4.79 Å². The van der Waals surface area contributed by atoms with Crippen LogP contribution in [-0.4, -0.2) is 41.6 Å². The van der Waals surface area contributed by atoms with E-state index >= 15 is 0 Å². The number of carboxylic acid groups (broad SMARTS) is 1. The molecule has 0 saturated carbocycles. The SMILES string of the molecule is NCCN(CN)C(=O)c1ccc(C(=O)O)cc1.